The van der Waals surface area contributed by atoms with Crippen LogP contribution in [0.15, 0.2) is 61.1 Å². The van der Waals surface area contributed by atoms with Crippen LogP contribution in [0.25, 0.3) is 22.4 Å². The highest BCUT2D eigenvalue weighted by atomic mass is 19.1. The number of anilines is 1. The van der Waals surface area contributed by atoms with Crippen LogP contribution in [0.1, 0.15) is 36.0 Å². The third-order valence-corrected chi connectivity index (χ3v) is 5.88. The second kappa shape index (κ2) is 8.74. The normalized spacial score (nSPS) is 18.4. The molecule has 162 valence electrons. The number of pyridine rings is 1. The van der Waals surface area contributed by atoms with Crippen LogP contribution in [0.2, 0.25) is 0 Å². The lowest BCUT2D eigenvalue weighted by Crippen LogP contribution is -2.48. The summed E-state index contributed by atoms with van der Waals surface area (Å²) in [7, 11) is 0. The maximum atomic E-state index is 14.6. The van der Waals surface area contributed by atoms with Crippen molar-refractivity contribution in [2.45, 2.75) is 37.8 Å². The number of nitrogens with one attached hydrogen (secondary N) is 3. The van der Waals surface area contributed by atoms with E-state index in [1.807, 2.05) is 30.3 Å². The number of hydrogen-bond donors (Lipinski definition) is 3. The topological polar surface area (TPSA) is 95.6 Å². The third-order valence-electron chi connectivity index (χ3n) is 5.88. The van der Waals surface area contributed by atoms with E-state index in [9.17, 15) is 9.18 Å². The van der Waals surface area contributed by atoms with E-state index in [1.165, 1.54) is 6.20 Å². The van der Waals surface area contributed by atoms with E-state index in [1.54, 1.807) is 24.5 Å². The van der Waals surface area contributed by atoms with Gasteiger partial charge in [0.05, 0.1) is 6.20 Å². The van der Waals surface area contributed by atoms with Crippen molar-refractivity contribution in [2.75, 3.05) is 5.32 Å². The van der Waals surface area contributed by atoms with Crippen LogP contribution in [-0.4, -0.2) is 37.9 Å². The third kappa shape index (κ3) is 4.03. The van der Waals surface area contributed by atoms with Crippen LogP contribution in [0.5, 0.6) is 0 Å². The number of halogens is 1. The first-order chi connectivity index (χ1) is 15.7. The minimum atomic E-state index is -0.523. The summed E-state index contributed by atoms with van der Waals surface area (Å²) < 4.78 is 14.6. The largest absolute Gasteiger partial charge is 0.363 e. The fourth-order valence-electron chi connectivity index (χ4n) is 4.23. The molecule has 0 aliphatic heterocycles. The Bertz CT molecular complexity index is 1240. The SMILES string of the molecule is O=C(N[C@@H]1CCCC[C@H]1Nc1nc(-c2c[nH]c3ncccc23)ncc1F)c1ccccc1. The number of aromatic amines is 1. The number of carbonyl (C=O) groups is 1. The van der Waals surface area contributed by atoms with E-state index < -0.39 is 5.82 Å². The monoisotopic (exact) mass is 430 g/mol. The maximum Gasteiger partial charge on any atom is 0.251 e. The summed E-state index contributed by atoms with van der Waals surface area (Å²) in [5.74, 6) is -0.0993. The molecule has 3 heterocycles. The molecule has 0 saturated heterocycles. The van der Waals surface area contributed by atoms with Crippen molar-refractivity contribution in [2.24, 2.45) is 0 Å². The Kier molecular flexibility index (Phi) is 5.49. The van der Waals surface area contributed by atoms with E-state index in [0.717, 1.165) is 42.3 Å². The summed E-state index contributed by atoms with van der Waals surface area (Å²) in [6.07, 6.45) is 8.31. The number of amides is 1. The van der Waals surface area contributed by atoms with Gasteiger partial charge in [-0.15, -0.1) is 0 Å². The van der Waals surface area contributed by atoms with E-state index >= 15 is 0 Å². The van der Waals surface area contributed by atoms with E-state index in [4.69, 9.17) is 0 Å². The van der Waals surface area contributed by atoms with Gasteiger partial charge in [0.25, 0.3) is 5.91 Å². The van der Waals surface area contributed by atoms with Gasteiger partial charge in [0, 0.05) is 41.0 Å². The minimum Gasteiger partial charge on any atom is -0.363 e. The predicted octanol–water partition coefficient (Wildman–Crippen LogP) is 4.31. The molecule has 0 spiro atoms. The standard InChI is InChI=1S/C24H23FN6O/c25-18-14-28-22(17-13-27-21-16(17)9-6-12-26-21)31-23(18)29-19-10-4-5-11-20(19)30-24(32)15-7-2-1-3-8-15/h1-3,6-9,12-14,19-20H,4-5,10-11H2,(H,26,27)(H,30,32)(H,28,29,31)/t19-,20-/m1/s1. The van der Waals surface area contributed by atoms with Gasteiger partial charge in [0.15, 0.2) is 17.5 Å². The molecule has 7 nitrogen and oxygen atoms in total. The molecule has 0 unspecified atom stereocenters. The number of hydrogen-bond acceptors (Lipinski definition) is 5. The van der Waals surface area contributed by atoms with Gasteiger partial charge in [0.1, 0.15) is 5.65 Å². The van der Waals surface area contributed by atoms with E-state index in [-0.39, 0.29) is 23.8 Å². The molecular formula is C24H23FN6O. The average molecular weight is 430 g/mol. The van der Waals surface area contributed by atoms with Crippen molar-refractivity contribution in [1.29, 1.82) is 0 Å². The highest BCUT2D eigenvalue weighted by molar-refractivity contribution is 5.94. The molecule has 2 atom stereocenters. The molecule has 5 rings (SSSR count). The maximum absolute atomic E-state index is 14.6. The molecule has 32 heavy (non-hydrogen) atoms. The van der Waals surface area contributed by atoms with Crippen LogP contribution in [0, 0.1) is 5.82 Å². The fourth-order valence-corrected chi connectivity index (χ4v) is 4.23. The number of fused-ring (bicyclic) bond motifs is 1. The lowest BCUT2D eigenvalue weighted by atomic mass is 9.90. The van der Waals surface area contributed by atoms with E-state index in [2.05, 4.69) is 30.6 Å². The van der Waals surface area contributed by atoms with Crippen molar-refractivity contribution in [3.63, 3.8) is 0 Å². The summed E-state index contributed by atoms with van der Waals surface area (Å²) in [5, 5.41) is 7.22. The first kappa shape index (κ1) is 20.1. The quantitative estimate of drug-likeness (QED) is 0.438. The molecule has 3 N–H and O–H groups in total. The Labute approximate surface area is 184 Å². The summed E-state index contributed by atoms with van der Waals surface area (Å²) in [4.78, 5) is 28.7. The number of nitrogens with zero attached hydrogens (tertiary/aromatic N) is 3. The molecule has 3 aromatic heterocycles. The van der Waals surface area contributed by atoms with Gasteiger partial charge in [-0.1, -0.05) is 31.0 Å². The van der Waals surface area contributed by atoms with E-state index in [0.29, 0.717) is 11.4 Å². The zero-order chi connectivity index (χ0) is 21.9. The second-order valence-corrected chi connectivity index (χ2v) is 7.97. The van der Waals surface area contributed by atoms with Gasteiger partial charge in [-0.05, 0) is 37.1 Å². The lowest BCUT2D eigenvalue weighted by Gasteiger charge is -2.33. The summed E-state index contributed by atoms with van der Waals surface area (Å²) in [6, 6.07) is 12.6. The molecule has 1 amide bonds. The summed E-state index contributed by atoms with van der Waals surface area (Å²) in [6.45, 7) is 0. The van der Waals surface area contributed by atoms with Crippen LogP contribution in [0.4, 0.5) is 10.2 Å². The molecule has 8 heteroatoms. The molecule has 0 bridgehead atoms. The number of aromatic nitrogens is 4. The Morgan fingerprint density at radius 2 is 1.84 bits per heavy atom. The Hall–Kier alpha value is -3.81. The zero-order valence-electron chi connectivity index (χ0n) is 17.4. The predicted molar refractivity (Wildman–Crippen MR) is 121 cm³/mol. The molecule has 1 aliphatic rings. The molecule has 4 aromatic rings. The van der Waals surface area contributed by atoms with Crippen LogP contribution in [0.3, 0.4) is 0 Å². The number of carbonyl (C=O) groups excluding carboxylic acids is 1. The lowest BCUT2D eigenvalue weighted by molar-refractivity contribution is 0.0923. The number of H-pyrrole nitrogens is 1. The van der Waals surface area contributed by atoms with Crippen LogP contribution < -0.4 is 10.6 Å². The average Bonchev–Trinajstić information content (AvgIpc) is 3.26. The first-order valence-corrected chi connectivity index (χ1v) is 10.8. The smallest absolute Gasteiger partial charge is 0.251 e. The van der Waals surface area contributed by atoms with Crippen molar-refractivity contribution in [1.82, 2.24) is 25.3 Å². The van der Waals surface area contributed by atoms with Gasteiger partial charge in [-0.25, -0.2) is 19.3 Å². The number of benzene rings is 1. The van der Waals surface area contributed by atoms with Crippen LogP contribution in [-0.2, 0) is 0 Å². The van der Waals surface area contributed by atoms with Gasteiger partial charge >= 0.3 is 0 Å². The Morgan fingerprint density at radius 1 is 1.03 bits per heavy atom. The molecule has 1 aliphatic carbocycles. The summed E-state index contributed by atoms with van der Waals surface area (Å²) >= 11 is 0. The second-order valence-electron chi connectivity index (χ2n) is 7.97. The van der Waals surface area contributed by atoms with Gasteiger partial charge < -0.3 is 15.6 Å². The molecule has 1 aromatic carbocycles. The van der Waals surface area contributed by atoms with Crippen molar-refractivity contribution in [3.05, 3.63) is 72.4 Å². The first-order valence-electron chi connectivity index (χ1n) is 10.8. The summed E-state index contributed by atoms with van der Waals surface area (Å²) in [5.41, 5.74) is 2.09. The molecule has 1 saturated carbocycles. The molecule has 1 fully saturated rings. The molecule has 0 radical (unpaired) electrons. The van der Waals surface area contributed by atoms with Crippen molar-refractivity contribution >= 4 is 22.8 Å². The van der Waals surface area contributed by atoms with Gasteiger partial charge in [-0.2, -0.15) is 0 Å². The Morgan fingerprint density at radius 3 is 2.69 bits per heavy atom. The molecular weight excluding hydrogens is 407 g/mol. The minimum absolute atomic E-state index is 0.119. The van der Waals surface area contributed by atoms with Crippen molar-refractivity contribution in [3.8, 4) is 11.4 Å². The number of rotatable bonds is 5. The highest BCUT2D eigenvalue weighted by Crippen LogP contribution is 2.28. The Balaban J connectivity index is 1.38. The fraction of sp³-hybridized carbons (Fsp3) is 0.250. The van der Waals surface area contributed by atoms with Gasteiger partial charge in [-0.3, -0.25) is 4.79 Å². The van der Waals surface area contributed by atoms with Gasteiger partial charge in [0.2, 0.25) is 0 Å². The zero-order valence-corrected chi connectivity index (χ0v) is 17.4. The van der Waals surface area contributed by atoms with Crippen LogP contribution >= 0.6 is 0 Å². The van der Waals surface area contributed by atoms with Crippen molar-refractivity contribution < 1.29 is 9.18 Å². The highest BCUT2D eigenvalue weighted by Gasteiger charge is 2.28.